The van der Waals surface area contributed by atoms with E-state index >= 15 is 0 Å². The molecule has 0 saturated heterocycles. The van der Waals surface area contributed by atoms with E-state index in [9.17, 15) is 4.39 Å². The molecule has 0 saturated carbocycles. The van der Waals surface area contributed by atoms with Crippen LogP contribution in [0.4, 0.5) is 4.39 Å². The van der Waals surface area contributed by atoms with Crippen LogP contribution in [0.15, 0.2) is 10.6 Å². The molecule has 45 valence electrons. The van der Waals surface area contributed by atoms with Gasteiger partial charge in [-0.2, -0.15) is 0 Å². The van der Waals surface area contributed by atoms with Crippen molar-refractivity contribution in [1.29, 1.82) is 0 Å². The maximum absolute atomic E-state index is 12.3. The lowest BCUT2D eigenvalue weighted by molar-refractivity contribution is 0.303. The molecule has 0 bridgehead atoms. The number of hydrogen-bond donors (Lipinski definition) is 0. The zero-order valence-electron chi connectivity index (χ0n) is 4.47. The molecule has 0 aliphatic heterocycles. The molecule has 0 N–H and O–H groups in total. The zero-order valence-corrected chi connectivity index (χ0v) is 4.47. The molecule has 1 atom stereocenters. The van der Waals surface area contributed by atoms with Gasteiger partial charge in [0.05, 0.1) is 0 Å². The normalized spacial score (nSPS) is 12.4. The first kappa shape index (κ1) is 5.83. The van der Waals surface area contributed by atoms with Gasteiger partial charge in [0, 0.05) is 6.07 Å². The molecule has 0 spiro atoms. The summed E-state index contributed by atoms with van der Waals surface area (Å²) < 4.78 is 16.7. The van der Waals surface area contributed by atoms with Crippen LogP contribution in [-0.4, -0.2) is 5.16 Å². The highest BCUT2D eigenvalue weighted by atomic mass is 19.1. The third-order valence-corrected chi connectivity index (χ3v) is 0.807. The summed E-state index contributed by atoms with van der Waals surface area (Å²) in [6, 6.07) is 1.27. The molecule has 1 radical (unpaired) electrons. The fourth-order valence-electron chi connectivity index (χ4n) is 0.397. The lowest BCUT2D eigenvalue weighted by Gasteiger charge is -1.88. The molecule has 0 aliphatic carbocycles. The first-order valence-corrected chi connectivity index (χ1v) is 2.27. The lowest BCUT2D eigenvalue weighted by atomic mass is 10.3. The van der Waals surface area contributed by atoms with E-state index in [2.05, 4.69) is 15.9 Å². The van der Waals surface area contributed by atoms with Crippen molar-refractivity contribution in [2.24, 2.45) is 0 Å². The molecule has 9 heavy (non-hydrogen) atoms. The lowest BCUT2D eigenvalue weighted by Crippen LogP contribution is -1.81. The van der Waals surface area contributed by atoms with Crippen LogP contribution in [0.2, 0.25) is 0 Å². The molecule has 1 aromatic heterocycles. The van der Waals surface area contributed by atoms with Gasteiger partial charge in [-0.1, -0.05) is 11.1 Å². The van der Waals surface area contributed by atoms with E-state index < -0.39 is 6.17 Å². The second-order valence-electron chi connectivity index (χ2n) is 1.39. The van der Waals surface area contributed by atoms with Crippen LogP contribution in [0.1, 0.15) is 11.9 Å². The van der Waals surface area contributed by atoms with E-state index in [1.807, 2.05) is 5.92 Å². The van der Waals surface area contributed by atoms with Gasteiger partial charge < -0.3 is 4.52 Å². The Morgan fingerprint density at radius 3 is 3.22 bits per heavy atom. The van der Waals surface area contributed by atoms with Crippen molar-refractivity contribution < 1.29 is 8.91 Å². The first-order chi connectivity index (χ1) is 4.34. The SMILES string of the molecule is C#CC(F)c1c[c]no1. The summed E-state index contributed by atoms with van der Waals surface area (Å²) in [6.45, 7) is 0. The Morgan fingerprint density at radius 1 is 2.00 bits per heavy atom. The summed E-state index contributed by atoms with van der Waals surface area (Å²) in [5.41, 5.74) is 0. The summed E-state index contributed by atoms with van der Waals surface area (Å²) in [5, 5.41) is 3.16. The van der Waals surface area contributed by atoms with Gasteiger partial charge in [-0.15, -0.1) is 6.42 Å². The number of hydrogen-bond acceptors (Lipinski definition) is 2. The Bertz CT molecular complexity index is 211. The summed E-state index contributed by atoms with van der Waals surface area (Å²) in [5.74, 6) is 1.87. The smallest absolute Gasteiger partial charge is 0.220 e. The Labute approximate surface area is 51.7 Å². The van der Waals surface area contributed by atoms with Gasteiger partial charge in [-0.25, -0.2) is 4.39 Å². The monoisotopic (exact) mass is 124 g/mol. The van der Waals surface area contributed by atoms with Gasteiger partial charge in [-0.05, 0) is 0 Å². The molecular weight excluding hydrogens is 121 g/mol. The number of halogens is 1. The van der Waals surface area contributed by atoms with Gasteiger partial charge in [-0.3, -0.25) is 0 Å². The standard InChI is InChI=1S/C6H3FNO/c1-2-5(7)6-3-4-8-9-6/h1,3,5H. The third kappa shape index (κ3) is 1.08. The van der Waals surface area contributed by atoms with Crippen LogP contribution in [-0.2, 0) is 0 Å². The van der Waals surface area contributed by atoms with Gasteiger partial charge in [0.1, 0.15) is 6.20 Å². The summed E-state index contributed by atoms with van der Waals surface area (Å²) in [6.07, 6.45) is 5.53. The van der Waals surface area contributed by atoms with E-state index in [0.29, 0.717) is 0 Å². The fourth-order valence-corrected chi connectivity index (χ4v) is 0.397. The van der Waals surface area contributed by atoms with Crippen molar-refractivity contribution in [1.82, 2.24) is 5.16 Å². The van der Waals surface area contributed by atoms with Crippen molar-refractivity contribution in [3.63, 3.8) is 0 Å². The largest absolute Gasteiger partial charge is 0.356 e. The molecule has 1 unspecified atom stereocenters. The maximum Gasteiger partial charge on any atom is 0.220 e. The van der Waals surface area contributed by atoms with Gasteiger partial charge in [0.15, 0.2) is 5.76 Å². The molecule has 0 fully saturated rings. The van der Waals surface area contributed by atoms with Crippen molar-refractivity contribution in [3.8, 4) is 12.3 Å². The molecule has 1 rings (SSSR count). The number of aromatic nitrogens is 1. The molecular formula is C6H3FNO. The summed E-state index contributed by atoms with van der Waals surface area (Å²) in [4.78, 5) is 0. The van der Waals surface area contributed by atoms with Crippen LogP contribution in [0.3, 0.4) is 0 Å². The maximum atomic E-state index is 12.3. The molecule has 0 aliphatic rings. The third-order valence-electron chi connectivity index (χ3n) is 0.807. The highest BCUT2D eigenvalue weighted by Gasteiger charge is 2.08. The van der Waals surface area contributed by atoms with Crippen molar-refractivity contribution >= 4 is 0 Å². The van der Waals surface area contributed by atoms with Crippen LogP contribution in [0, 0.1) is 18.5 Å². The zero-order chi connectivity index (χ0) is 6.69. The average molecular weight is 124 g/mol. The van der Waals surface area contributed by atoms with Crippen LogP contribution >= 0.6 is 0 Å². The van der Waals surface area contributed by atoms with Crippen molar-refractivity contribution in [2.45, 2.75) is 6.17 Å². The van der Waals surface area contributed by atoms with E-state index in [0.717, 1.165) is 0 Å². The van der Waals surface area contributed by atoms with Crippen LogP contribution < -0.4 is 0 Å². The Hall–Kier alpha value is -1.30. The molecule has 3 heteroatoms. The molecule has 1 heterocycles. The number of rotatable bonds is 1. The minimum Gasteiger partial charge on any atom is -0.356 e. The molecule has 0 aromatic carbocycles. The highest BCUT2D eigenvalue weighted by Crippen LogP contribution is 2.13. The predicted molar refractivity (Wildman–Crippen MR) is 28.0 cm³/mol. The Morgan fingerprint density at radius 2 is 2.78 bits per heavy atom. The number of nitrogens with zero attached hydrogens (tertiary/aromatic N) is 1. The van der Waals surface area contributed by atoms with Crippen molar-refractivity contribution in [2.75, 3.05) is 0 Å². The number of terminal acetylenes is 1. The molecule has 1 aromatic rings. The van der Waals surface area contributed by atoms with E-state index in [-0.39, 0.29) is 5.76 Å². The topological polar surface area (TPSA) is 26.0 Å². The minimum atomic E-state index is -1.50. The Balaban J connectivity index is 2.80. The second kappa shape index (κ2) is 2.31. The van der Waals surface area contributed by atoms with Crippen molar-refractivity contribution in [3.05, 3.63) is 18.0 Å². The first-order valence-electron chi connectivity index (χ1n) is 2.27. The second-order valence-corrected chi connectivity index (χ2v) is 1.39. The van der Waals surface area contributed by atoms with Crippen LogP contribution in [0.25, 0.3) is 0 Å². The summed E-state index contributed by atoms with van der Waals surface area (Å²) >= 11 is 0. The Kier molecular flexibility index (Phi) is 1.50. The fraction of sp³-hybridized carbons (Fsp3) is 0.167. The van der Waals surface area contributed by atoms with Gasteiger partial charge in [0.2, 0.25) is 6.17 Å². The van der Waals surface area contributed by atoms with E-state index in [4.69, 9.17) is 6.42 Å². The number of alkyl halides is 1. The quantitative estimate of drug-likeness (QED) is 0.524. The molecule has 2 nitrogen and oxygen atoms in total. The van der Waals surface area contributed by atoms with Crippen LogP contribution in [0.5, 0.6) is 0 Å². The van der Waals surface area contributed by atoms with Gasteiger partial charge in [0.25, 0.3) is 0 Å². The molecule has 0 amide bonds. The summed E-state index contributed by atoms with van der Waals surface area (Å²) in [7, 11) is 0. The minimum absolute atomic E-state index is 0.0255. The van der Waals surface area contributed by atoms with E-state index in [1.165, 1.54) is 6.07 Å². The predicted octanol–water partition coefficient (Wildman–Crippen LogP) is 1.12. The highest BCUT2D eigenvalue weighted by molar-refractivity contribution is 5.09. The average Bonchev–Trinajstić information content (AvgIpc) is 2.37. The van der Waals surface area contributed by atoms with E-state index in [1.54, 1.807) is 0 Å². The van der Waals surface area contributed by atoms with Gasteiger partial charge >= 0.3 is 0 Å².